The van der Waals surface area contributed by atoms with E-state index in [1.165, 1.54) is 11.1 Å². The Balaban J connectivity index is 3.03. The monoisotopic (exact) mass is 267 g/mol. The topological polar surface area (TPSA) is 33.0 Å². The molecule has 0 amide bonds. The van der Waals surface area contributed by atoms with Crippen molar-refractivity contribution in [2.45, 2.75) is 26.2 Å². The summed E-state index contributed by atoms with van der Waals surface area (Å²) in [6, 6.07) is 6.29. The summed E-state index contributed by atoms with van der Waals surface area (Å²) in [7, 11) is 1.67. The molecule has 0 saturated carbocycles. The van der Waals surface area contributed by atoms with Gasteiger partial charge in [-0.25, -0.2) is 0 Å². The maximum Gasteiger partial charge on any atom is 0.136 e. The van der Waals surface area contributed by atoms with Gasteiger partial charge in [-0.3, -0.25) is 0 Å². The summed E-state index contributed by atoms with van der Waals surface area (Å²) in [5.74, 6) is 0.901. The third-order valence-corrected chi connectivity index (χ3v) is 2.88. The Labute approximate surface area is 99.0 Å². The van der Waals surface area contributed by atoms with Crippen LogP contribution in [0.2, 0.25) is 0 Å². The molecule has 0 unspecified atom stereocenters. The van der Waals surface area contributed by atoms with Crippen LogP contribution in [0.25, 0.3) is 0 Å². The van der Waals surface area contributed by atoms with E-state index in [2.05, 4.69) is 35.0 Å². The molecule has 0 bridgehead atoms. The van der Waals surface area contributed by atoms with Crippen molar-refractivity contribution in [2.75, 3.05) is 7.11 Å². The van der Waals surface area contributed by atoms with Crippen LogP contribution >= 0.6 is 15.9 Å². The minimum atomic E-state index is 0.557. The van der Waals surface area contributed by atoms with Crippen molar-refractivity contribution in [3.63, 3.8) is 0 Å². The zero-order valence-corrected chi connectivity index (χ0v) is 10.6. The van der Waals surface area contributed by atoms with Crippen LogP contribution in [-0.4, -0.2) is 7.11 Å². The lowest BCUT2D eigenvalue weighted by atomic mass is 10.0. The highest BCUT2D eigenvalue weighted by Crippen LogP contribution is 2.31. The number of benzene rings is 1. The number of ether oxygens (including phenoxy) is 1. The van der Waals surface area contributed by atoms with Crippen LogP contribution < -0.4 is 4.74 Å². The molecule has 3 heteroatoms. The number of nitrogens with zero attached hydrogens (tertiary/aromatic N) is 1. The van der Waals surface area contributed by atoms with Gasteiger partial charge in [-0.1, -0.05) is 13.0 Å². The maximum atomic E-state index is 8.54. The highest BCUT2D eigenvalue weighted by atomic mass is 79.9. The van der Waals surface area contributed by atoms with Crippen LogP contribution in [-0.2, 0) is 12.8 Å². The van der Waals surface area contributed by atoms with Crippen molar-refractivity contribution in [1.29, 1.82) is 5.26 Å². The standard InChI is InChI=1S/C12H14BrNO/c1-3-10-7-9(5-4-6-14)8-11(13)12(10)15-2/h7-8H,3-5H2,1-2H3. The van der Waals surface area contributed by atoms with E-state index in [4.69, 9.17) is 10.00 Å². The molecule has 0 aromatic heterocycles. The second-order valence-corrected chi connectivity index (χ2v) is 4.14. The zero-order chi connectivity index (χ0) is 11.3. The van der Waals surface area contributed by atoms with E-state index in [1.54, 1.807) is 7.11 Å². The second kappa shape index (κ2) is 5.77. The summed E-state index contributed by atoms with van der Waals surface area (Å²) in [5, 5.41) is 8.54. The van der Waals surface area contributed by atoms with Gasteiger partial charge in [0.05, 0.1) is 17.7 Å². The first-order valence-electron chi connectivity index (χ1n) is 4.95. The highest BCUT2D eigenvalue weighted by molar-refractivity contribution is 9.10. The quantitative estimate of drug-likeness (QED) is 0.837. The van der Waals surface area contributed by atoms with E-state index in [0.29, 0.717) is 6.42 Å². The van der Waals surface area contributed by atoms with Gasteiger partial charge in [0.15, 0.2) is 0 Å². The van der Waals surface area contributed by atoms with Crippen LogP contribution in [0.1, 0.15) is 24.5 Å². The number of nitriles is 1. The Kier molecular flexibility index (Phi) is 4.64. The van der Waals surface area contributed by atoms with Gasteiger partial charge in [0.25, 0.3) is 0 Å². The van der Waals surface area contributed by atoms with Crippen molar-refractivity contribution < 1.29 is 4.74 Å². The molecule has 0 aliphatic heterocycles. The van der Waals surface area contributed by atoms with E-state index in [9.17, 15) is 0 Å². The fourth-order valence-corrected chi connectivity index (χ4v) is 2.26. The molecule has 1 rings (SSSR count). The molecule has 0 aliphatic rings. The minimum absolute atomic E-state index is 0.557. The molecule has 0 saturated heterocycles. The number of hydrogen-bond donors (Lipinski definition) is 0. The van der Waals surface area contributed by atoms with Gasteiger partial charge < -0.3 is 4.74 Å². The van der Waals surface area contributed by atoms with Gasteiger partial charge in [-0.15, -0.1) is 0 Å². The van der Waals surface area contributed by atoms with Crippen molar-refractivity contribution in [3.8, 4) is 11.8 Å². The summed E-state index contributed by atoms with van der Waals surface area (Å²) in [5.41, 5.74) is 2.36. The molecule has 80 valence electrons. The smallest absolute Gasteiger partial charge is 0.136 e. The van der Waals surface area contributed by atoms with Crippen molar-refractivity contribution >= 4 is 15.9 Å². The molecule has 1 aromatic rings. The molecule has 0 atom stereocenters. The van der Waals surface area contributed by atoms with Gasteiger partial charge in [-0.05, 0) is 46.0 Å². The molecule has 0 radical (unpaired) electrons. The molecule has 2 nitrogen and oxygen atoms in total. The Morgan fingerprint density at radius 2 is 2.20 bits per heavy atom. The molecule has 0 heterocycles. The van der Waals surface area contributed by atoms with Crippen LogP contribution in [0.3, 0.4) is 0 Å². The fourth-order valence-electron chi connectivity index (χ4n) is 1.55. The summed E-state index contributed by atoms with van der Waals surface area (Å²) in [4.78, 5) is 0. The second-order valence-electron chi connectivity index (χ2n) is 3.28. The number of aryl methyl sites for hydroxylation is 2. The van der Waals surface area contributed by atoms with Gasteiger partial charge in [0, 0.05) is 6.42 Å². The molecule has 0 spiro atoms. The Morgan fingerprint density at radius 3 is 2.73 bits per heavy atom. The van der Waals surface area contributed by atoms with E-state index in [0.717, 1.165) is 23.1 Å². The molecular formula is C12H14BrNO. The number of halogens is 1. The third kappa shape index (κ3) is 2.97. The van der Waals surface area contributed by atoms with Crippen LogP contribution in [0.5, 0.6) is 5.75 Å². The van der Waals surface area contributed by atoms with Crippen molar-refractivity contribution in [2.24, 2.45) is 0 Å². The Morgan fingerprint density at radius 1 is 1.47 bits per heavy atom. The van der Waals surface area contributed by atoms with E-state index in [1.807, 2.05) is 6.07 Å². The van der Waals surface area contributed by atoms with E-state index < -0.39 is 0 Å². The molecular weight excluding hydrogens is 254 g/mol. The third-order valence-electron chi connectivity index (χ3n) is 2.29. The summed E-state index contributed by atoms with van der Waals surface area (Å²) >= 11 is 3.48. The Bertz CT molecular complexity index is 382. The maximum absolute atomic E-state index is 8.54. The first-order valence-corrected chi connectivity index (χ1v) is 5.74. The van der Waals surface area contributed by atoms with Crippen LogP contribution in [0.15, 0.2) is 16.6 Å². The number of rotatable bonds is 4. The van der Waals surface area contributed by atoms with Crippen molar-refractivity contribution in [1.82, 2.24) is 0 Å². The predicted octanol–water partition coefficient (Wildman–Crippen LogP) is 3.48. The van der Waals surface area contributed by atoms with Crippen molar-refractivity contribution in [3.05, 3.63) is 27.7 Å². The minimum Gasteiger partial charge on any atom is -0.495 e. The SMILES string of the molecule is CCc1cc(CCC#N)cc(Br)c1OC. The first kappa shape index (κ1) is 12.1. The largest absolute Gasteiger partial charge is 0.495 e. The molecule has 0 fully saturated rings. The lowest BCUT2D eigenvalue weighted by molar-refractivity contribution is 0.407. The summed E-state index contributed by atoms with van der Waals surface area (Å²) < 4.78 is 6.28. The lowest BCUT2D eigenvalue weighted by Gasteiger charge is -2.11. The average Bonchev–Trinajstić information content (AvgIpc) is 2.25. The van der Waals surface area contributed by atoms with Crippen LogP contribution in [0.4, 0.5) is 0 Å². The molecule has 0 N–H and O–H groups in total. The van der Waals surface area contributed by atoms with E-state index in [-0.39, 0.29) is 0 Å². The lowest BCUT2D eigenvalue weighted by Crippen LogP contribution is -1.95. The van der Waals surface area contributed by atoms with Gasteiger partial charge >= 0.3 is 0 Å². The van der Waals surface area contributed by atoms with Crippen LogP contribution in [0, 0.1) is 11.3 Å². The number of methoxy groups -OCH3 is 1. The summed E-state index contributed by atoms with van der Waals surface area (Å²) in [6.45, 7) is 2.10. The number of hydrogen-bond acceptors (Lipinski definition) is 2. The van der Waals surface area contributed by atoms with E-state index >= 15 is 0 Å². The van der Waals surface area contributed by atoms with Gasteiger partial charge in [0.1, 0.15) is 5.75 Å². The molecule has 0 aliphatic carbocycles. The molecule has 1 aromatic carbocycles. The average molecular weight is 268 g/mol. The van der Waals surface area contributed by atoms with Gasteiger partial charge in [-0.2, -0.15) is 5.26 Å². The zero-order valence-electron chi connectivity index (χ0n) is 9.01. The fraction of sp³-hybridized carbons (Fsp3) is 0.417. The normalized spacial score (nSPS) is 9.73. The first-order chi connectivity index (χ1) is 7.22. The highest BCUT2D eigenvalue weighted by Gasteiger charge is 2.08. The molecule has 15 heavy (non-hydrogen) atoms. The summed E-state index contributed by atoms with van der Waals surface area (Å²) in [6.07, 6.45) is 2.29. The van der Waals surface area contributed by atoms with Gasteiger partial charge in [0.2, 0.25) is 0 Å². The Hall–Kier alpha value is -1.01. The predicted molar refractivity (Wildman–Crippen MR) is 64.0 cm³/mol.